The Labute approximate surface area is 175 Å². The first-order chi connectivity index (χ1) is 14.4. The first-order valence-electron chi connectivity index (χ1n) is 9.80. The van der Waals surface area contributed by atoms with Crippen LogP contribution in [0.2, 0.25) is 0 Å². The molecule has 0 saturated carbocycles. The molecule has 0 aliphatic rings. The summed E-state index contributed by atoms with van der Waals surface area (Å²) >= 11 is 0. The predicted molar refractivity (Wildman–Crippen MR) is 121 cm³/mol. The number of para-hydroxylation sites is 1. The Kier molecular flexibility index (Phi) is 5.04. The van der Waals surface area contributed by atoms with Crippen molar-refractivity contribution in [2.75, 3.05) is 12.4 Å². The SMILES string of the molecule is COc1c(/C(C)=C/C(=O)Nc2cc(C)nc3ccccc23)cc2c(C)coc2c1C. The Morgan fingerprint density at radius 1 is 1.13 bits per heavy atom. The monoisotopic (exact) mass is 400 g/mol. The maximum atomic E-state index is 12.8. The number of hydrogen-bond acceptors (Lipinski definition) is 4. The summed E-state index contributed by atoms with van der Waals surface area (Å²) in [4.78, 5) is 17.4. The van der Waals surface area contributed by atoms with Crippen molar-refractivity contribution >= 4 is 39.0 Å². The van der Waals surface area contributed by atoms with Gasteiger partial charge in [0.1, 0.15) is 11.3 Å². The normalized spacial score (nSPS) is 11.8. The van der Waals surface area contributed by atoms with E-state index < -0.39 is 0 Å². The van der Waals surface area contributed by atoms with Crippen LogP contribution in [-0.2, 0) is 4.79 Å². The summed E-state index contributed by atoms with van der Waals surface area (Å²) in [7, 11) is 1.63. The zero-order chi connectivity index (χ0) is 21.4. The number of carbonyl (C=O) groups excluding carboxylic acids is 1. The van der Waals surface area contributed by atoms with E-state index in [2.05, 4.69) is 10.3 Å². The van der Waals surface area contributed by atoms with E-state index in [1.165, 1.54) is 0 Å². The molecule has 0 unspecified atom stereocenters. The topological polar surface area (TPSA) is 64.4 Å². The molecular weight excluding hydrogens is 376 g/mol. The Balaban J connectivity index is 1.72. The molecule has 1 N–H and O–H groups in total. The van der Waals surface area contributed by atoms with Crippen LogP contribution < -0.4 is 10.1 Å². The van der Waals surface area contributed by atoms with E-state index in [0.717, 1.165) is 55.5 Å². The lowest BCUT2D eigenvalue weighted by Gasteiger charge is -2.13. The molecule has 0 bridgehead atoms. The van der Waals surface area contributed by atoms with Gasteiger partial charge in [0.15, 0.2) is 0 Å². The average molecular weight is 400 g/mol. The minimum atomic E-state index is -0.202. The molecule has 30 heavy (non-hydrogen) atoms. The molecule has 5 nitrogen and oxygen atoms in total. The molecule has 4 aromatic rings. The first-order valence-corrected chi connectivity index (χ1v) is 9.80. The number of aryl methyl sites for hydroxylation is 3. The van der Waals surface area contributed by atoms with Crippen LogP contribution in [-0.4, -0.2) is 18.0 Å². The number of furan rings is 1. The van der Waals surface area contributed by atoms with E-state index in [9.17, 15) is 4.79 Å². The van der Waals surface area contributed by atoms with Crippen molar-refractivity contribution in [3.63, 3.8) is 0 Å². The zero-order valence-corrected chi connectivity index (χ0v) is 17.8. The number of ether oxygens (including phenoxy) is 1. The number of nitrogens with one attached hydrogen (secondary N) is 1. The number of fused-ring (bicyclic) bond motifs is 2. The maximum Gasteiger partial charge on any atom is 0.248 e. The molecule has 0 spiro atoms. The van der Waals surface area contributed by atoms with Gasteiger partial charge in [0, 0.05) is 33.7 Å². The van der Waals surface area contributed by atoms with Gasteiger partial charge < -0.3 is 14.5 Å². The minimum Gasteiger partial charge on any atom is -0.496 e. The van der Waals surface area contributed by atoms with Gasteiger partial charge in [-0.05, 0) is 57.0 Å². The number of allylic oxidation sites excluding steroid dienone is 1. The summed E-state index contributed by atoms with van der Waals surface area (Å²) in [5.41, 5.74) is 6.91. The standard InChI is InChI=1S/C25H24N2O3/c1-14(19-12-20-15(2)13-30-25(20)17(4)24(19)29-5)10-23(28)27-22-11-16(3)26-21-9-7-6-8-18(21)22/h6-13H,1-5H3,(H,26,27,28)/b14-10+. The first kappa shape index (κ1) is 19.7. The van der Waals surface area contributed by atoms with Gasteiger partial charge >= 0.3 is 0 Å². The number of benzene rings is 2. The molecule has 1 amide bonds. The second kappa shape index (κ2) is 7.67. The summed E-state index contributed by atoms with van der Waals surface area (Å²) in [5, 5.41) is 4.94. The maximum absolute atomic E-state index is 12.8. The number of rotatable bonds is 4. The highest BCUT2D eigenvalue weighted by molar-refractivity contribution is 6.08. The minimum absolute atomic E-state index is 0.202. The quantitative estimate of drug-likeness (QED) is 0.430. The van der Waals surface area contributed by atoms with Gasteiger partial charge in [-0.25, -0.2) is 0 Å². The number of methoxy groups -OCH3 is 1. The molecule has 4 rings (SSSR count). The van der Waals surface area contributed by atoms with Crippen molar-refractivity contribution in [2.45, 2.75) is 27.7 Å². The smallest absolute Gasteiger partial charge is 0.248 e. The van der Waals surface area contributed by atoms with Crippen molar-refractivity contribution in [1.82, 2.24) is 4.98 Å². The van der Waals surface area contributed by atoms with E-state index in [4.69, 9.17) is 9.15 Å². The van der Waals surface area contributed by atoms with Crippen LogP contribution in [0.4, 0.5) is 5.69 Å². The van der Waals surface area contributed by atoms with Crippen LogP contribution in [0.25, 0.3) is 27.4 Å². The molecule has 2 heterocycles. The van der Waals surface area contributed by atoms with Crippen LogP contribution in [0.1, 0.15) is 29.3 Å². The van der Waals surface area contributed by atoms with Crippen LogP contribution in [0, 0.1) is 20.8 Å². The molecule has 152 valence electrons. The van der Waals surface area contributed by atoms with Crippen molar-refractivity contribution in [1.29, 1.82) is 0 Å². The highest BCUT2D eigenvalue weighted by Gasteiger charge is 2.17. The average Bonchev–Trinajstić information content (AvgIpc) is 3.08. The molecule has 2 aromatic heterocycles. The molecule has 0 aliphatic carbocycles. The van der Waals surface area contributed by atoms with Crippen molar-refractivity contribution in [2.24, 2.45) is 0 Å². The third-order valence-corrected chi connectivity index (χ3v) is 5.32. The van der Waals surface area contributed by atoms with Gasteiger partial charge in [-0.15, -0.1) is 0 Å². The van der Waals surface area contributed by atoms with E-state index in [-0.39, 0.29) is 5.91 Å². The number of carbonyl (C=O) groups is 1. The number of amides is 1. The number of anilines is 1. The third-order valence-electron chi connectivity index (χ3n) is 5.32. The van der Waals surface area contributed by atoms with Crippen molar-refractivity contribution < 1.29 is 13.9 Å². The largest absolute Gasteiger partial charge is 0.496 e. The second-order valence-corrected chi connectivity index (χ2v) is 7.52. The Hall–Kier alpha value is -3.60. The fourth-order valence-electron chi connectivity index (χ4n) is 3.85. The zero-order valence-electron chi connectivity index (χ0n) is 17.8. The molecule has 0 saturated heterocycles. The molecule has 5 heteroatoms. The number of nitrogens with zero attached hydrogens (tertiary/aromatic N) is 1. The van der Waals surface area contributed by atoms with Crippen LogP contribution in [0.5, 0.6) is 5.75 Å². The lowest BCUT2D eigenvalue weighted by molar-refractivity contribution is -0.111. The summed E-state index contributed by atoms with van der Waals surface area (Å²) < 4.78 is 11.3. The summed E-state index contributed by atoms with van der Waals surface area (Å²) in [6.45, 7) is 7.80. The molecule has 0 atom stereocenters. The van der Waals surface area contributed by atoms with Gasteiger partial charge in [0.2, 0.25) is 5.91 Å². The molecule has 2 aromatic carbocycles. The molecular formula is C25H24N2O3. The van der Waals surface area contributed by atoms with Crippen molar-refractivity contribution in [3.05, 3.63) is 71.1 Å². The number of aromatic nitrogens is 1. The van der Waals surface area contributed by atoms with Gasteiger partial charge in [0.25, 0.3) is 0 Å². The number of pyridine rings is 1. The lowest BCUT2D eigenvalue weighted by Crippen LogP contribution is -2.10. The Morgan fingerprint density at radius 3 is 2.67 bits per heavy atom. The number of hydrogen-bond donors (Lipinski definition) is 1. The highest BCUT2D eigenvalue weighted by atomic mass is 16.5. The summed E-state index contributed by atoms with van der Waals surface area (Å²) in [6.07, 6.45) is 3.34. The van der Waals surface area contributed by atoms with Crippen molar-refractivity contribution in [3.8, 4) is 5.75 Å². The Morgan fingerprint density at radius 2 is 1.90 bits per heavy atom. The molecule has 0 aliphatic heterocycles. The van der Waals surface area contributed by atoms with Gasteiger partial charge in [0.05, 0.1) is 24.6 Å². The van der Waals surface area contributed by atoms with Gasteiger partial charge in [-0.3, -0.25) is 9.78 Å². The van der Waals surface area contributed by atoms with Crippen LogP contribution in [0.15, 0.2) is 53.2 Å². The van der Waals surface area contributed by atoms with E-state index >= 15 is 0 Å². The van der Waals surface area contributed by atoms with Gasteiger partial charge in [-0.2, -0.15) is 0 Å². The van der Waals surface area contributed by atoms with E-state index in [1.807, 2.05) is 64.1 Å². The highest BCUT2D eigenvalue weighted by Crippen LogP contribution is 2.37. The second-order valence-electron chi connectivity index (χ2n) is 7.52. The lowest BCUT2D eigenvalue weighted by atomic mass is 9.98. The summed E-state index contributed by atoms with van der Waals surface area (Å²) in [5.74, 6) is 0.510. The molecule has 0 fully saturated rings. The van der Waals surface area contributed by atoms with Crippen LogP contribution in [0.3, 0.4) is 0 Å². The Bertz CT molecular complexity index is 1320. The molecule has 0 radical (unpaired) electrons. The predicted octanol–water partition coefficient (Wildman–Crippen LogP) is 5.96. The van der Waals surface area contributed by atoms with E-state index in [1.54, 1.807) is 19.4 Å². The fourth-order valence-corrected chi connectivity index (χ4v) is 3.85. The third kappa shape index (κ3) is 3.43. The van der Waals surface area contributed by atoms with E-state index in [0.29, 0.717) is 5.75 Å². The summed E-state index contributed by atoms with van der Waals surface area (Å²) in [6, 6.07) is 11.7. The fraction of sp³-hybridized carbons (Fsp3) is 0.200. The van der Waals surface area contributed by atoms with Gasteiger partial charge in [-0.1, -0.05) is 18.2 Å². The van der Waals surface area contributed by atoms with Crippen LogP contribution >= 0.6 is 0 Å².